The summed E-state index contributed by atoms with van der Waals surface area (Å²) in [7, 11) is 0. The zero-order valence-electron chi connectivity index (χ0n) is 24.8. The third-order valence-electron chi connectivity index (χ3n) is 6.95. The van der Waals surface area contributed by atoms with E-state index in [2.05, 4.69) is 10.6 Å². The van der Waals surface area contributed by atoms with Gasteiger partial charge in [0.1, 0.15) is 16.9 Å². The van der Waals surface area contributed by atoms with E-state index in [0.717, 1.165) is 22.5 Å². The van der Waals surface area contributed by atoms with E-state index in [1.54, 1.807) is 47.8 Å². The largest absolute Gasteiger partial charge is 0.422 e. The van der Waals surface area contributed by atoms with E-state index in [1.807, 2.05) is 36.4 Å². The summed E-state index contributed by atoms with van der Waals surface area (Å²) >= 11 is 0.813. The molecule has 5 aromatic rings. The van der Waals surface area contributed by atoms with Crippen LogP contribution < -0.4 is 16.0 Å². The van der Waals surface area contributed by atoms with Gasteiger partial charge in [-0.25, -0.2) is 17.6 Å². The molecule has 0 fully saturated rings. The SMILES string of the molecule is O=C(CSc1ccc(NC(=O)/C(=C/c2cccc3ccccc23)NC(=O)c2ccccc2)cc1)Nc1c(F)c(F)c(C(F)(F)F)c(F)c1F. The average molecular weight is 698 g/mol. The van der Waals surface area contributed by atoms with E-state index < -0.39 is 64.2 Å². The van der Waals surface area contributed by atoms with Crippen molar-refractivity contribution in [2.75, 3.05) is 16.4 Å². The van der Waals surface area contributed by atoms with Crippen molar-refractivity contribution in [3.63, 3.8) is 0 Å². The molecular formula is C35H22F7N3O3S. The molecule has 0 aliphatic heterocycles. The van der Waals surface area contributed by atoms with Gasteiger partial charge in [0.15, 0.2) is 23.3 Å². The highest BCUT2D eigenvalue weighted by atomic mass is 32.2. The Kier molecular flexibility index (Phi) is 10.4. The molecule has 5 rings (SSSR count). The lowest BCUT2D eigenvalue weighted by atomic mass is 10.0. The van der Waals surface area contributed by atoms with Gasteiger partial charge in [-0.3, -0.25) is 14.4 Å². The minimum absolute atomic E-state index is 0.0593. The number of carbonyl (C=O) groups excluding carboxylic acids is 3. The van der Waals surface area contributed by atoms with Crippen LogP contribution in [-0.2, 0) is 15.8 Å². The standard InChI is InChI=1S/C35H22F7N3O3S/c36-28-27(35(40,41)42)29(37)31(39)32(30(28)38)45-26(46)18-49-23-15-13-22(14-16-23)43-34(48)25(44-33(47)20-8-2-1-3-9-20)17-21-11-6-10-19-7-4-5-12-24(19)21/h1-17H,18H2,(H,43,48)(H,44,47)(H,45,46)/b25-17-. The highest BCUT2D eigenvalue weighted by molar-refractivity contribution is 8.00. The molecule has 49 heavy (non-hydrogen) atoms. The van der Waals surface area contributed by atoms with Gasteiger partial charge in [0, 0.05) is 16.1 Å². The number of rotatable bonds is 9. The molecule has 0 radical (unpaired) electrons. The van der Waals surface area contributed by atoms with Crippen molar-refractivity contribution in [1.29, 1.82) is 0 Å². The summed E-state index contributed by atoms with van der Waals surface area (Å²) in [6, 6.07) is 27.2. The number of hydrogen-bond donors (Lipinski definition) is 3. The second-order valence-electron chi connectivity index (χ2n) is 10.3. The molecule has 14 heteroatoms. The molecule has 0 bridgehead atoms. The minimum Gasteiger partial charge on any atom is -0.321 e. The Bertz CT molecular complexity index is 2050. The number of alkyl halides is 3. The summed E-state index contributed by atoms with van der Waals surface area (Å²) in [5, 5.41) is 8.67. The van der Waals surface area contributed by atoms with E-state index in [9.17, 15) is 45.1 Å². The lowest BCUT2D eigenvalue weighted by Crippen LogP contribution is -2.30. The smallest absolute Gasteiger partial charge is 0.321 e. The topological polar surface area (TPSA) is 87.3 Å². The number of halogens is 7. The van der Waals surface area contributed by atoms with Gasteiger partial charge in [0.2, 0.25) is 5.91 Å². The molecule has 0 heterocycles. The van der Waals surface area contributed by atoms with Gasteiger partial charge in [0.25, 0.3) is 11.8 Å². The van der Waals surface area contributed by atoms with Crippen molar-refractivity contribution in [2.45, 2.75) is 11.1 Å². The van der Waals surface area contributed by atoms with Gasteiger partial charge in [-0.2, -0.15) is 13.2 Å². The van der Waals surface area contributed by atoms with Crippen molar-refractivity contribution in [1.82, 2.24) is 5.32 Å². The first-order valence-corrected chi connectivity index (χ1v) is 15.1. The van der Waals surface area contributed by atoms with Gasteiger partial charge in [0.05, 0.1) is 5.75 Å². The molecule has 0 spiro atoms. The first kappa shape index (κ1) is 34.7. The van der Waals surface area contributed by atoms with Gasteiger partial charge in [-0.05, 0) is 58.8 Å². The lowest BCUT2D eigenvalue weighted by molar-refractivity contribution is -0.143. The molecular weight excluding hydrogens is 675 g/mol. The number of thioether (sulfide) groups is 1. The maximum absolute atomic E-state index is 14.1. The Hall–Kier alpha value is -5.63. The van der Waals surface area contributed by atoms with E-state index in [4.69, 9.17) is 0 Å². The van der Waals surface area contributed by atoms with Gasteiger partial charge < -0.3 is 16.0 Å². The van der Waals surface area contributed by atoms with Crippen LogP contribution in [0.1, 0.15) is 21.5 Å². The van der Waals surface area contributed by atoms with Crippen molar-refractivity contribution in [3.8, 4) is 0 Å². The van der Waals surface area contributed by atoms with Crippen LogP contribution in [0, 0.1) is 23.3 Å². The molecule has 0 saturated heterocycles. The van der Waals surface area contributed by atoms with Crippen molar-refractivity contribution in [3.05, 3.63) is 143 Å². The van der Waals surface area contributed by atoms with Crippen LogP contribution >= 0.6 is 11.8 Å². The molecule has 0 aliphatic rings. The van der Waals surface area contributed by atoms with Crippen LogP contribution in [0.15, 0.2) is 108 Å². The molecule has 3 N–H and O–H groups in total. The maximum atomic E-state index is 14.1. The van der Waals surface area contributed by atoms with Gasteiger partial charge >= 0.3 is 6.18 Å². The summed E-state index contributed by atoms with van der Waals surface area (Å²) in [6.45, 7) is 0. The van der Waals surface area contributed by atoms with Crippen LogP contribution in [0.2, 0.25) is 0 Å². The first-order chi connectivity index (χ1) is 23.3. The molecule has 0 saturated carbocycles. The fraction of sp³-hybridized carbons (Fsp3) is 0.0571. The van der Waals surface area contributed by atoms with Crippen LogP contribution in [0.25, 0.3) is 16.8 Å². The predicted molar refractivity (Wildman–Crippen MR) is 172 cm³/mol. The fourth-order valence-corrected chi connectivity index (χ4v) is 5.32. The normalized spacial score (nSPS) is 11.7. The summed E-state index contributed by atoms with van der Waals surface area (Å²) in [5.74, 6) is -13.1. The Labute approximate surface area is 278 Å². The summed E-state index contributed by atoms with van der Waals surface area (Å²) in [4.78, 5) is 39.1. The molecule has 6 nitrogen and oxygen atoms in total. The highest BCUT2D eigenvalue weighted by Gasteiger charge is 2.42. The van der Waals surface area contributed by atoms with Crippen LogP contribution in [-0.4, -0.2) is 23.5 Å². The summed E-state index contributed by atoms with van der Waals surface area (Å²) in [5.41, 5.74) is -3.23. The summed E-state index contributed by atoms with van der Waals surface area (Å²) in [6.07, 6.45) is -4.17. The number of hydrogen-bond acceptors (Lipinski definition) is 4. The number of nitrogens with one attached hydrogen (secondary N) is 3. The Morgan fingerprint density at radius 1 is 0.694 bits per heavy atom. The van der Waals surface area contributed by atoms with E-state index in [-0.39, 0.29) is 11.4 Å². The van der Waals surface area contributed by atoms with Crippen LogP contribution in [0.5, 0.6) is 0 Å². The zero-order chi connectivity index (χ0) is 35.3. The number of carbonyl (C=O) groups is 3. The highest BCUT2D eigenvalue weighted by Crippen LogP contribution is 2.38. The van der Waals surface area contributed by atoms with Crippen LogP contribution in [0.3, 0.4) is 0 Å². The maximum Gasteiger partial charge on any atom is 0.422 e. The van der Waals surface area contributed by atoms with Crippen molar-refractivity contribution in [2.24, 2.45) is 0 Å². The van der Waals surface area contributed by atoms with Crippen LogP contribution in [0.4, 0.5) is 42.1 Å². The number of amides is 3. The van der Waals surface area contributed by atoms with Gasteiger partial charge in [-0.15, -0.1) is 11.8 Å². The zero-order valence-corrected chi connectivity index (χ0v) is 25.6. The quantitative estimate of drug-likeness (QED) is 0.0624. The molecule has 0 aromatic heterocycles. The molecule has 0 aliphatic carbocycles. The predicted octanol–water partition coefficient (Wildman–Crippen LogP) is 8.56. The number of benzene rings is 5. The lowest BCUT2D eigenvalue weighted by Gasteiger charge is -2.14. The Morgan fingerprint density at radius 2 is 1.31 bits per heavy atom. The molecule has 5 aromatic carbocycles. The summed E-state index contributed by atoms with van der Waals surface area (Å²) < 4.78 is 94.5. The molecule has 0 atom stereocenters. The monoisotopic (exact) mass is 697 g/mol. The molecule has 3 amide bonds. The van der Waals surface area contributed by atoms with E-state index in [0.29, 0.717) is 16.0 Å². The van der Waals surface area contributed by atoms with Crippen molar-refractivity contribution >= 4 is 57.7 Å². The Morgan fingerprint density at radius 3 is 1.96 bits per heavy atom. The molecule has 250 valence electrons. The van der Waals surface area contributed by atoms with Gasteiger partial charge in [-0.1, -0.05) is 60.7 Å². The first-order valence-electron chi connectivity index (χ1n) is 14.2. The fourth-order valence-electron chi connectivity index (χ4n) is 4.62. The van der Waals surface area contributed by atoms with E-state index in [1.165, 1.54) is 24.3 Å². The second kappa shape index (κ2) is 14.6. The average Bonchev–Trinajstić information content (AvgIpc) is 3.08. The molecule has 0 unspecified atom stereocenters. The third kappa shape index (κ3) is 8.09. The minimum atomic E-state index is -5.72. The Balaban J connectivity index is 1.28. The van der Waals surface area contributed by atoms with Crippen molar-refractivity contribution < 1.29 is 45.1 Å². The number of anilines is 2. The third-order valence-corrected chi connectivity index (χ3v) is 7.96. The second-order valence-corrected chi connectivity index (χ2v) is 11.3. The number of fused-ring (bicyclic) bond motifs is 1. The van der Waals surface area contributed by atoms with E-state index >= 15 is 0 Å².